The van der Waals surface area contributed by atoms with Gasteiger partial charge in [-0.1, -0.05) is 0 Å². The first-order valence-corrected chi connectivity index (χ1v) is 6.89. The number of ether oxygens (including phenoxy) is 1. The Morgan fingerprint density at radius 2 is 1.67 bits per heavy atom. The summed E-state index contributed by atoms with van der Waals surface area (Å²) in [4.78, 5) is 11.8. The zero-order chi connectivity index (χ0) is 13.3. The molecule has 1 saturated heterocycles. The van der Waals surface area contributed by atoms with Crippen LogP contribution >= 0.6 is 0 Å². The molecule has 2 aliphatic rings. The van der Waals surface area contributed by atoms with Crippen LogP contribution in [0.4, 0.5) is 4.79 Å². The summed E-state index contributed by atoms with van der Waals surface area (Å²) in [6.45, 7) is 7.25. The maximum atomic E-state index is 11.8. The summed E-state index contributed by atoms with van der Waals surface area (Å²) in [7, 11) is 0. The Morgan fingerprint density at radius 3 is 2.11 bits per heavy atom. The first-order valence-electron chi connectivity index (χ1n) is 6.89. The van der Waals surface area contributed by atoms with Crippen molar-refractivity contribution in [1.29, 1.82) is 0 Å². The summed E-state index contributed by atoms with van der Waals surface area (Å²) in [6, 6.07) is 0. The first-order chi connectivity index (χ1) is 8.37. The highest BCUT2D eigenvalue weighted by Gasteiger charge is 2.35. The lowest BCUT2D eigenvalue weighted by molar-refractivity contribution is -0.0669. The van der Waals surface area contributed by atoms with E-state index in [4.69, 9.17) is 10.6 Å². The summed E-state index contributed by atoms with van der Waals surface area (Å²) < 4.78 is 5.26. The average Bonchev–Trinajstić information content (AvgIpc) is 3.10. The van der Waals surface area contributed by atoms with Gasteiger partial charge in [-0.2, -0.15) is 5.12 Å². The molecule has 5 heteroatoms. The van der Waals surface area contributed by atoms with E-state index in [0.29, 0.717) is 0 Å². The minimum atomic E-state index is -0.499. The lowest BCUT2D eigenvalue weighted by Gasteiger charge is -2.37. The van der Waals surface area contributed by atoms with E-state index >= 15 is 0 Å². The van der Waals surface area contributed by atoms with Gasteiger partial charge in [-0.3, -0.25) is 0 Å². The molecule has 2 fully saturated rings. The van der Waals surface area contributed by atoms with Crippen molar-refractivity contribution in [1.82, 2.24) is 10.1 Å². The van der Waals surface area contributed by atoms with E-state index in [-0.39, 0.29) is 0 Å². The zero-order valence-electron chi connectivity index (χ0n) is 11.7. The molecule has 0 aromatic rings. The second-order valence-electron chi connectivity index (χ2n) is 6.45. The molecule has 0 unspecified atom stereocenters. The summed E-state index contributed by atoms with van der Waals surface area (Å²) >= 11 is 0. The fraction of sp³-hybridized carbons (Fsp3) is 0.923. The summed E-state index contributed by atoms with van der Waals surface area (Å²) in [5, 5.41) is 3.04. The van der Waals surface area contributed by atoms with Crippen LogP contribution in [-0.4, -0.2) is 34.9 Å². The number of carbonyl (C=O) groups is 1. The van der Waals surface area contributed by atoms with E-state index in [1.54, 1.807) is 0 Å². The summed E-state index contributed by atoms with van der Waals surface area (Å²) in [6.07, 6.45) is 4.60. The van der Waals surface area contributed by atoms with Gasteiger partial charge in [0.2, 0.25) is 0 Å². The molecule has 0 aromatic carbocycles. The third kappa shape index (κ3) is 3.59. The van der Waals surface area contributed by atoms with Gasteiger partial charge < -0.3 is 4.74 Å². The molecule has 1 aliphatic carbocycles. The molecule has 0 radical (unpaired) electrons. The summed E-state index contributed by atoms with van der Waals surface area (Å²) in [5.41, 5.74) is -0.499. The fourth-order valence-corrected chi connectivity index (χ4v) is 2.56. The molecule has 0 aromatic heterocycles. The van der Waals surface area contributed by atoms with Gasteiger partial charge >= 0.3 is 6.09 Å². The van der Waals surface area contributed by atoms with Gasteiger partial charge in [-0.05, 0) is 58.3 Å². The van der Waals surface area contributed by atoms with Crippen LogP contribution in [-0.2, 0) is 4.74 Å². The Bertz CT molecular complexity index is 302. The molecule has 0 bridgehead atoms. The van der Waals surface area contributed by atoms with Gasteiger partial charge in [0.1, 0.15) is 5.60 Å². The molecule has 104 valence electrons. The number of nitrogens with two attached hydrogens (primary N) is 1. The van der Waals surface area contributed by atoms with Gasteiger partial charge in [0.15, 0.2) is 0 Å². The average molecular weight is 255 g/mol. The Labute approximate surface area is 109 Å². The van der Waals surface area contributed by atoms with E-state index in [2.05, 4.69) is 0 Å². The van der Waals surface area contributed by atoms with Crippen LogP contribution in [0.1, 0.15) is 46.5 Å². The van der Waals surface area contributed by atoms with Crippen molar-refractivity contribution in [2.24, 2.45) is 17.7 Å². The largest absolute Gasteiger partial charge is 0.442 e. The van der Waals surface area contributed by atoms with Gasteiger partial charge in [-0.25, -0.2) is 15.6 Å². The highest BCUT2D eigenvalue weighted by Crippen LogP contribution is 2.41. The van der Waals surface area contributed by atoms with Crippen molar-refractivity contribution in [3.05, 3.63) is 0 Å². The number of carbonyl (C=O) groups excluding carboxylic acids is 1. The lowest BCUT2D eigenvalue weighted by Crippen LogP contribution is -2.55. The van der Waals surface area contributed by atoms with Crippen molar-refractivity contribution in [2.45, 2.75) is 52.1 Å². The minimum absolute atomic E-state index is 0.465. The van der Waals surface area contributed by atoms with Crippen molar-refractivity contribution >= 4 is 6.09 Å². The molecular formula is C13H25N3O2. The second-order valence-corrected chi connectivity index (χ2v) is 6.45. The lowest BCUT2D eigenvalue weighted by atomic mass is 9.93. The second kappa shape index (κ2) is 5.05. The monoisotopic (exact) mass is 255 g/mol. The molecule has 1 aliphatic heterocycles. The van der Waals surface area contributed by atoms with Crippen LogP contribution in [0.2, 0.25) is 0 Å². The quantitative estimate of drug-likeness (QED) is 0.466. The first kappa shape index (κ1) is 13.6. The highest BCUT2D eigenvalue weighted by atomic mass is 16.6. The third-order valence-corrected chi connectivity index (χ3v) is 3.69. The molecule has 18 heavy (non-hydrogen) atoms. The van der Waals surface area contributed by atoms with Crippen LogP contribution in [0.5, 0.6) is 0 Å². The number of amides is 1. The Kier molecular flexibility index (Phi) is 3.82. The van der Waals surface area contributed by atoms with Crippen LogP contribution in [0.15, 0.2) is 0 Å². The van der Waals surface area contributed by atoms with E-state index < -0.39 is 11.7 Å². The maximum Gasteiger partial charge on any atom is 0.439 e. The van der Waals surface area contributed by atoms with E-state index in [1.165, 1.54) is 12.8 Å². The molecule has 0 atom stereocenters. The smallest absolute Gasteiger partial charge is 0.439 e. The number of hydrogen-bond donors (Lipinski definition) is 1. The molecule has 2 N–H and O–H groups in total. The number of hydrazine groups is 2. The van der Waals surface area contributed by atoms with Crippen molar-refractivity contribution in [3.63, 3.8) is 0 Å². The van der Waals surface area contributed by atoms with Gasteiger partial charge in [0, 0.05) is 13.1 Å². The SMILES string of the molecule is CC(C)(C)OC(=O)N(N)N1CCC(C2CC2)CC1. The predicted molar refractivity (Wildman–Crippen MR) is 69.3 cm³/mol. The van der Waals surface area contributed by atoms with Crippen molar-refractivity contribution < 1.29 is 9.53 Å². The third-order valence-electron chi connectivity index (χ3n) is 3.69. The van der Waals surface area contributed by atoms with Crippen LogP contribution in [0.3, 0.4) is 0 Å². The molecule has 1 heterocycles. The highest BCUT2D eigenvalue weighted by molar-refractivity contribution is 5.66. The van der Waals surface area contributed by atoms with Crippen LogP contribution in [0.25, 0.3) is 0 Å². The molecule has 5 nitrogen and oxygen atoms in total. The Morgan fingerprint density at radius 1 is 1.17 bits per heavy atom. The van der Waals surface area contributed by atoms with E-state index in [9.17, 15) is 4.79 Å². The zero-order valence-corrected chi connectivity index (χ0v) is 11.7. The molecule has 2 rings (SSSR count). The topological polar surface area (TPSA) is 58.8 Å². The fourth-order valence-electron chi connectivity index (χ4n) is 2.56. The predicted octanol–water partition coefficient (Wildman–Crippen LogP) is 2.13. The standard InChI is InChI=1S/C13H25N3O2/c1-13(2,3)18-12(17)16(14)15-8-6-11(7-9-15)10-4-5-10/h10-11H,4-9,14H2,1-3H3. The number of hydrogen-bond acceptors (Lipinski definition) is 4. The van der Waals surface area contributed by atoms with Gasteiger partial charge in [-0.15, -0.1) is 0 Å². The minimum Gasteiger partial charge on any atom is -0.442 e. The molecule has 0 spiro atoms. The number of piperidine rings is 1. The van der Waals surface area contributed by atoms with Gasteiger partial charge in [0.05, 0.1) is 0 Å². The van der Waals surface area contributed by atoms with Crippen LogP contribution < -0.4 is 5.84 Å². The number of nitrogens with zero attached hydrogens (tertiary/aromatic N) is 2. The van der Waals surface area contributed by atoms with Crippen molar-refractivity contribution in [3.8, 4) is 0 Å². The molecular weight excluding hydrogens is 230 g/mol. The molecule has 1 saturated carbocycles. The maximum absolute atomic E-state index is 11.8. The van der Waals surface area contributed by atoms with Gasteiger partial charge in [0.25, 0.3) is 0 Å². The van der Waals surface area contributed by atoms with Crippen molar-refractivity contribution in [2.75, 3.05) is 13.1 Å². The van der Waals surface area contributed by atoms with Crippen LogP contribution in [0, 0.1) is 11.8 Å². The summed E-state index contributed by atoms with van der Waals surface area (Å²) in [5.74, 6) is 7.61. The Hall–Kier alpha value is -0.810. The van der Waals surface area contributed by atoms with E-state index in [0.717, 1.165) is 42.9 Å². The Balaban J connectivity index is 1.79. The van der Waals surface area contributed by atoms with E-state index in [1.807, 2.05) is 25.8 Å². The molecule has 1 amide bonds. The normalized spacial score (nSPS) is 22.9. The number of rotatable bonds is 2.